The lowest BCUT2D eigenvalue weighted by Gasteiger charge is -2.10. The summed E-state index contributed by atoms with van der Waals surface area (Å²) in [6, 6.07) is 8.36. The normalized spacial score (nSPS) is 12.5. The third-order valence-corrected chi connectivity index (χ3v) is 5.75. The summed E-state index contributed by atoms with van der Waals surface area (Å²) in [6.45, 7) is -0.190. The molecule has 0 radical (unpaired) electrons. The van der Waals surface area contributed by atoms with E-state index in [1.165, 1.54) is 22.3 Å². The van der Waals surface area contributed by atoms with Crippen molar-refractivity contribution in [1.29, 1.82) is 0 Å². The summed E-state index contributed by atoms with van der Waals surface area (Å²) < 4.78 is 11.7. The highest BCUT2D eigenvalue weighted by molar-refractivity contribution is 7.15. The maximum absolute atomic E-state index is 12.4. The maximum Gasteiger partial charge on any atom is 0.267 e. The van der Waals surface area contributed by atoms with Crippen LogP contribution in [0.2, 0.25) is 0 Å². The van der Waals surface area contributed by atoms with Gasteiger partial charge in [0, 0.05) is 16.5 Å². The van der Waals surface area contributed by atoms with Gasteiger partial charge in [0.2, 0.25) is 5.91 Å². The molecule has 3 aromatic rings. The van der Waals surface area contributed by atoms with E-state index in [0.29, 0.717) is 22.3 Å². The molecule has 2 heterocycles. The summed E-state index contributed by atoms with van der Waals surface area (Å²) in [6.07, 6.45) is 3.08. The molecular weight excluding hydrogens is 392 g/mol. The number of benzene rings is 1. The first kappa shape index (κ1) is 19.1. The number of carbonyl (C=O) groups excluding carboxylic acids is 1. The lowest BCUT2D eigenvalue weighted by molar-refractivity contribution is -0.117. The van der Waals surface area contributed by atoms with E-state index in [4.69, 9.17) is 9.47 Å². The Kier molecular flexibility index (Phi) is 5.30. The van der Waals surface area contributed by atoms with Crippen molar-refractivity contribution in [2.45, 2.75) is 25.8 Å². The molecule has 0 bridgehead atoms. The number of fused-ring (bicyclic) bond motifs is 1. The topological polar surface area (TPSA) is 95.3 Å². The van der Waals surface area contributed by atoms with Crippen LogP contribution in [0, 0.1) is 0 Å². The van der Waals surface area contributed by atoms with E-state index in [0.717, 1.165) is 35.2 Å². The van der Waals surface area contributed by atoms with Crippen molar-refractivity contribution in [2.24, 2.45) is 0 Å². The summed E-state index contributed by atoms with van der Waals surface area (Å²) in [7, 11) is 3.11. The zero-order valence-electron chi connectivity index (χ0n) is 16.1. The molecule has 0 saturated heterocycles. The van der Waals surface area contributed by atoms with Crippen LogP contribution in [0.4, 0.5) is 5.13 Å². The minimum atomic E-state index is -0.356. The fourth-order valence-corrected chi connectivity index (χ4v) is 4.32. The van der Waals surface area contributed by atoms with Crippen LogP contribution in [-0.2, 0) is 24.2 Å². The van der Waals surface area contributed by atoms with Crippen molar-refractivity contribution < 1.29 is 14.3 Å². The van der Waals surface area contributed by atoms with Crippen molar-refractivity contribution in [2.75, 3.05) is 19.5 Å². The number of thiazole rings is 1. The van der Waals surface area contributed by atoms with Gasteiger partial charge in [0.1, 0.15) is 6.54 Å². The van der Waals surface area contributed by atoms with Gasteiger partial charge in [-0.05, 0) is 43.5 Å². The molecule has 0 saturated carbocycles. The Morgan fingerprint density at radius 3 is 2.76 bits per heavy atom. The summed E-state index contributed by atoms with van der Waals surface area (Å²) in [5.41, 5.74) is 2.00. The third-order valence-electron chi connectivity index (χ3n) is 4.68. The van der Waals surface area contributed by atoms with Crippen LogP contribution in [0.5, 0.6) is 11.5 Å². The number of anilines is 1. The molecule has 1 N–H and O–H groups in total. The maximum atomic E-state index is 12.4. The Morgan fingerprint density at radius 2 is 2.00 bits per heavy atom. The van der Waals surface area contributed by atoms with E-state index in [-0.39, 0.29) is 18.0 Å². The zero-order valence-corrected chi connectivity index (χ0v) is 16.9. The molecule has 0 unspecified atom stereocenters. The average Bonchev–Trinajstić information content (AvgIpc) is 3.30. The van der Waals surface area contributed by atoms with Gasteiger partial charge < -0.3 is 14.8 Å². The molecule has 1 aromatic carbocycles. The number of hydrogen-bond donors (Lipinski definition) is 1. The van der Waals surface area contributed by atoms with Crippen molar-refractivity contribution in [1.82, 2.24) is 14.8 Å². The second kappa shape index (κ2) is 8.04. The standard InChI is InChI=1S/C20H20N4O4S/c1-27-15-8-6-12(10-16(15)28-2)13-7-9-19(26)24(23-13)11-18(25)22-20-21-14-4-3-5-17(14)29-20/h6-10H,3-5,11H2,1-2H3,(H,21,22,25). The summed E-state index contributed by atoms with van der Waals surface area (Å²) >= 11 is 1.50. The highest BCUT2D eigenvalue weighted by Gasteiger charge is 2.18. The third kappa shape index (κ3) is 4.00. The highest BCUT2D eigenvalue weighted by Crippen LogP contribution is 2.31. The molecule has 29 heavy (non-hydrogen) atoms. The van der Waals surface area contributed by atoms with Crippen LogP contribution < -0.4 is 20.3 Å². The molecule has 0 aliphatic heterocycles. The van der Waals surface area contributed by atoms with Gasteiger partial charge in [0.05, 0.1) is 25.6 Å². The Morgan fingerprint density at radius 1 is 1.17 bits per heavy atom. The molecule has 4 rings (SSSR count). The van der Waals surface area contributed by atoms with Crippen molar-refractivity contribution in [3.8, 4) is 22.8 Å². The monoisotopic (exact) mass is 412 g/mol. The minimum Gasteiger partial charge on any atom is -0.493 e. The van der Waals surface area contributed by atoms with E-state index in [1.807, 2.05) is 6.07 Å². The van der Waals surface area contributed by atoms with E-state index < -0.39 is 0 Å². The molecule has 0 atom stereocenters. The molecule has 8 nitrogen and oxygen atoms in total. The van der Waals surface area contributed by atoms with Gasteiger partial charge in [0.25, 0.3) is 5.56 Å². The second-order valence-corrected chi connectivity index (χ2v) is 7.66. The zero-order chi connectivity index (χ0) is 20.4. The number of aromatic nitrogens is 3. The van der Waals surface area contributed by atoms with Gasteiger partial charge in [-0.15, -0.1) is 11.3 Å². The largest absolute Gasteiger partial charge is 0.493 e. The molecule has 0 fully saturated rings. The number of aryl methyl sites for hydroxylation is 2. The van der Waals surface area contributed by atoms with Crippen molar-refractivity contribution >= 4 is 22.4 Å². The van der Waals surface area contributed by atoms with E-state index in [1.54, 1.807) is 32.4 Å². The van der Waals surface area contributed by atoms with Crippen LogP contribution in [0.15, 0.2) is 35.1 Å². The Balaban J connectivity index is 1.53. The van der Waals surface area contributed by atoms with Gasteiger partial charge in [-0.25, -0.2) is 9.67 Å². The number of carbonyl (C=O) groups is 1. The molecule has 1 aliphatic rings. The fraction of sp³-hybridized carbons (Fsp3) is 0.300. The SMILES string of the molecule is COc1ccc(-c2ccc(=O)n(CC(=O)Nc3nc4c(s3)CCC4)n2)cc1OC. The number of methoxy groups -OCH3 is 2. The first-order valence-corrected chi connectivity index (χ1v) is 9.98. The van der Waals surface area contributed by atoms with Crippen LogP contribution >= 0.6 is 11.3 Å². The van der Waals surface area contributed by atoms with Crippen LogP contribution in [-0.4, -0.2) is 34.9 Å². The summed E-state index contributed by atoms with van der Waals surface area (Å²) in [4.78, 5) is 30.3. The summed E-state index contributed by atoms with van der Waals surface area (Å²) in [5.74, 6) is 0.815. The lowest BCUT2D eigenvalue weighted by atomic mass is 10.1. The van der Waals surface area contributed by atoms with E-state index >= 15 is 0 Å². The second-order valence-electron chi connectivity index (χ2n) is 6.57. The average molecular weight is 412 g/mol. The summed E-state index contributed by atoms with van der Waals surface area (Å²) in [5, 5.41) is 7.68. The van der Waals surface area contributed by atoms with Gasteiger partial charge >= 0.3 is 0 Å². The van der Waals surface area contributed by atoms with Crippen LogP contribution in [0.1, 0.15) is 17.0 Å². The fourth-order valence-electron chi connectivity index (χ4n) is 3.25. The Hall–Kier alpha value is -3.20. The van der Waals surface area contributed by atoms with Crippen molar-refractivity contribution in [3.05, 3.63) is 51.3 Å². The molecule has 2 aromatic heterocycles. The molecule has 1 aliphatic carbocycles. The number of nitrogens with zero attached hydrogens (tertiary/aromatic N) is 3. The lowest BCUT2D eigenvalue weighted by Crippen LogP contribution is -2.29. The first-order valence-electron chi connectivity index (χ1n) is 9.16. The first-order chi connectivity index (χ1) is 14.1. The Bertz CT molecular complexity index is 1100. The van der Waals surface area contributed by atoms with Gasteiger partial charge in [0.15, 0.2) is 16.6 Å². The smallest absolute Gasteiger partial charge is 0.267 e. The molecule has 9 heteroatoms. The number of ether oxygens (including phenoxy) is 2. The quantitative estimate of drug-likeness (QED) is 0.668. The molecule has 150 valence electrons. The molecule has 0 spiro atoms. The number of amides is 1. The minimum absolute atomic E-state index is 0.190. The number of nitrogens with one attached hydrogen (secondary N) is 1. The van der Waals surface area contributed by atoms with E-state index in [2.05, 4.69) is 15.4 Å². The van der Waals surface area contributed by atoms with E-state index in [9.17, 15) is 9.59 Å². The molecular formula is C20H20N4O4S. The predicted molar refractivity (Wildman–Crippen MR) is 110 cm³/mol. The predicted octanol–water partition coefficient (Wildman–Crippen LogP) is 2.51. The number of hydrogen-bond acceptors (Lipinski definition) is 7. The van der Waals surface area contributed by atoms with Crippen LogP contribution in [0.25, 0.3) is 11.3 Å². The van der Waals surface area contributed by atoms with Gasteiger partial charge in [-0.1, -0.05) is 0 Å². The van der Waals surface area contributed by atoms with Gasteiger partial charge in [-0.3, -0.25) is 9.59 Å². The van der Waals surface area contributed by atoms with Crippen LogP contribution in [0.3, 0.4) is 0 Å². The Labute approximate surface area is 171 Å². The highest BCUT2D eigenvalue weighted by atomic mass is 32.1. The number of rotatable bonds is 6. The van der Waals surface area contributed by atoms with Crippen molar-refractivity contribution in [3.63, 3.8) is 0 Å². The molecule has 1 amide bonds. The van der Waals surface area contributed by atoms with Gasteiger partial charge in [-0.2, -0.15) is 5.10 Å².